The largest absolute Gasteiger partial charge is 0.369 e. The molecule has 1 aliphatic rings. The van der Waals surface area contributed by atoms with Crippen LogP contribution in [-0.2, 0) is 11.3 Å². The number of likely N-dealkylation sites (tertiary alicyclic amines) is 1. The smallest absolute Gasteiger partial charge is 0.269 e. The molecular formula is C17H20N6O2. The number of nitrogens with two attached hydrogens (primary N) is 1. The number of H-pyrrole nitrogens is 1. The van der Waals surface area contributed by atoms with E-state index in [2.05, 4.69) is 15.0 Å². The number of hydrogen-bond donors (Lipinski definition) is 2. The molecule has 1 aromatic carbocycles. The van der Waals surface area contributed by atoms with Crippen molar-refractivity contribution < 1.29 is 4.79 Å². The number of nitrogen functional groups attached to an aromatic ring is 1. The molecule has 1 aliphatic heterocycles. The van der Waals surface area contributed by atoms with E-state index in [1.54, 1.807) is 13.0 Å². The topological polar surface area (TPSA) is 110 Å². The SMILES string of the molecule is Cc1nc2cc3c(cc2[nH]c1=O)nc(N)n3CCCN1CCCC1=O. The molecule has 8 heteroatoms. The maximum Gasteiger partial charge on any atom is 0.269 e. The second-order valence-corrected chi connectivity index (χ2v) is 6.47. The van der Waals surface area contributed by atoms with E-state index in [1.807, 2.05) is 15.5 Å². The third-order valence-electron chi connectivity index (χ3n) is 4.74. The molecule has 3 aromatic rings. The molecule has 130 valence electrons. The fourth-order valence-electron chi connectivity index (χ4n) is 3.41. The summed E-state index contributed by atoms with van der Waals surface area (Å²) < 4.78 is 1.94. The van der Waals surface area contributed by atoms with Gasteiger partial charge in [0.05, 0.1) is 22.1 Å². The molecule has 25 heavy (non-hydrogen) atoms. The number of rotatable bonds is 4. The number of aromatic amines is 1. The third-order valence-corrected chi connectivity index (χ3v) is 4.74. The van der Waals surface area contributed by atoms with Gasteiger partial charge in [0, 0.05) is 26.1 Å². The minimum atomic E-state index is -0.200. The van der Waals surface area contributed by atoms with E-state index in [-0.39, 0.29) is 11.5 Å². The van der Waals surface area contributed by atoms with Crippen molar-refractivity contribution in [2.75, 3.05) is 18.8 Å². The van der Waals surface area contributed by atoms with Gasteiger partial charge in [0.2, 0.25) is 11.9 Å². The zero-order valence-electron chi connectivity index (χ0n) is 14.1. The molecule has 1 fully saturated rings. The molecule has 1 saturated heterocycles. The summed E-state index contributed by atoms with van der Waals surface area (Å²) in [4.78, 5) is 36.9. The quantitative estimate of drug-likeness (QED) is 0.741. The average molecular weight is 340 g/mol. The Hall–Kier alpha value is -2.90. The maximum absolute atomic E-state index is 11.7. The lowest BCUT2D eigenvalue weighted by Gasteiger charge is -2.15. The summed E-state index contributed by atoms with van der Waals surface area (Å²) in [6, 6.07) is 3.70. The Morgan fingerprint density at radius 1 is 1.20 bits per heavy atom. The highest BCUT2D eigenvalue weighted by Gasteiger charge is 2.19. The number of nitrogens with zero attached hydrogens (tertiary/aromatic N) is 4. The minimum Gasteiger partial charge on any atom is -0.369 e. The molecule has 3 N–H and O–H groups in total. The number of carbonyl (C=O) groups is 1. The standard InChI is InChI=1S/C17H20N6O2/c1-10-16(25)20-11-8-13-14(9-12(11)19-10)23(17(18)21-13)7-3-6-22-5-2-4-15(22)24/h8-9H,2-7H2,1H3,(H2,18,21)(H,20,25). The zero-order chi connectivity index (χ0) is 17.6. The van der Waals surface area contributed by atoms with Crippen molar-refractivity contribution in [1.82, 2.24) is 24.4 Å². The van der Waals surface area contributed by atoms with Gasteiger partial charge in [-0.1, -0.05) is 0 Å². The fourth-order valence-corrected chi connectivity index (χ4v) is 3.41. The molecule has 2 aromatic heterocycles. The van der Waals surface area contributed by atoms with Gasteiger partial charge in [-0.2, -0.15) is 0 Å². The fraction of sp³-hybridized carbons (Fsp3) is 0.412. The highest BCUT2D eigenvalue weighted by atomic mass is 16.2. The summed E-state index contributed by atoms with van der Waals surface area (Å²) in [5, 5.41) is 0. The molecule has 0 radical (unpaired) electrons. The van der Waals surface area contributed by atoms with E-state index in [0.29, 0.717) is 35.6 Å². The Bertz CT molecular complexity index is 1030. The molecular weight excluding hydrogens is 320 g/mol. The number of nitrogens with one attached hydrogen (secondary N) is 1. The summed E-state index contributed by atoms with van der Waals surface area (Å²) in [5.41, 5.74) is 9.27. The van der Waals surface area contributed by atoms with Crippen LogP contribution < -0.4 is 11.3 Å². The predicted octanol–water partition coefficient (Wildman–Crippen LogP) is 1.18. The molecule has 0 unspecified atom stereocenters. The first kappa shape index (κ1) is 15.6. The van der Waals surface area contributed by atoms with Crippen molar-refractivity contribution in [1.29, 1.82) is 0 Å². The molecule has 0 atom stereocenters. The van der Waals surface area contributed by atoms with Gasteiger partial charge < -0.3 is 20.2 Å². The molecule has 0 saturated carbocycles. The lowest BCUT2D eigenvalue weighted by molar-refractivity contribution is -0.127. The lowest BCUT2D eigenvalue weighted by Crippen LogP contribution is -2.26. The van der Waals surface area contributed by atoms with Crippen LogP contribution in [0.5, 0.6) is 0 Å². The number of aromatic nitrogens is 4. The van der Waals surface area contributed by atoms with Gasteiger partial charge in [-0.25, -0.2) is 9.97 Å². The Morgan fingerprint density at radius 3 is 2.80 bits per heavy atom. The first-order valence-electron chi connectivity index (χ1n) is 8.47. The van der Waals surface area contributed by atoms with Crippen LogP contribution in [0.4, 0.5) is 5.95 Å². The number of imidazole rings is 1. The van der Waals surface area contributed by atoms with Gasteiger partial charge in [0.25, 0.3) is 5.56 Å². The number of carbonyl (C=O) groups excluding carboxylic acids is 1. The van der Waals surface area contributed by atoms with Gasteiger partial charge in [0.1, 0.15) is 5.69 Å². The van der Waals surface area contributed by atoms with Crippen molar-refractivity contribution in [3.8, 4) is 0 Å². The first-order chi connectivity index (χ1) is 12.0. The Kier molecular flexibility index (Phi) is 3.67. The van der Waals surface area contributed by atoms with Crippen LogP contribution in [0.1, 0.15) is 25.0 Å². The van der Waals surface area contributed by atoms with Crippen molar-refractivity contribution in [2.45, 2.75) is 32.7 Å². The van der Waals surface area contributed by atoms with Crippen molar-refractivity contribution >= 4 is 33.9 Å². The predicted molar refractivity (Wildman–Crippen MR) is 95.2 cm³/mol. The van der Waals surface area contributed by atoms with Gasteiger partial charge in [-0.15, -0.1) is 0 Å². The van der Waals surface area contributed by atoms with Crippen LogP contribution in [0.2, 0.25) is 0 Å². The van der Waals surface area contributed by atoms with Crippen LogP contribution in [0.25, 0.3) is 22.1 Å². The minimum absolute atomic E-state index is 0.200. The summed E-state index contributed by atoms with van der Waals surface area (Å²) >= 11 is 0. The summed E-state index contributed by atoms with van der Waals surface area (Å²) in [5.74, 6) is 0.662. The summed E-state index contributed by atoms with van der Waals surface area (Å²) in [7, 11) is 0. The van der Waals surface area contributed by atoms with E-state index in [1.165, 1.54) is 0 Å². The number of hydrogen-bond acceptors (Lipinski definition) is 5. The van der Waals surface area contributed by atoms with E-state index >= 15 is 0 Å². The van der Waals surface area contributed by atoms with Gasteiger partial charge in [-0.3, -0.25) is 9.59 Å². The normalized spacial score (nSPS) is 14.9. The van der Waals surface area contributed by atoms with Crippen LogP contribution >= 0.6 is 0 Å². The van der Waals surface area contributed by atoms with Gasteiger partial charge in [-0.05, 0) is 31.9 Å². The summed E-state index contributed by atoms with van der Waals surface area (Å²) in [6.45, 7) is 3.94. The summed E-state index contributed by atoms with van der Waals surface area (Å²) in [6.07, 6.45) is 2.42. The second kappa shape index (κ2) is 5.87. The first-order valence-corrected chi connectivity index (χ1v) is 8.47. The van der Waals surface area contributed by atoms with Crippen molar-refractivity contribution in [3.63, 3.8) is 0 Å². The van der Waals surface area contributed by atoms with Crippen molar-refractivity contribution in [2.24, 2.45) is 0 Å². The number of amides is 1. The van der Waals surface area contributed by atoms with E-state index in [0.717, 1.165) is 37.0 Å². The van der Waals surface area contributed by atoms with E-state index < -0.39 is 0 Å². The van der Waals surface area contributed by atoms with Gasteiger partial charge >= 0.3 is 0 Å². The van der Waals surface area contributed by atoms with Crippen molar-refractivity contribution in [3.05, 3.63) is 28.2 Å². The molecule has 0 aliphatic carbocycles. The Morgan fingerprint density at radius 2 is 2.04 bits per heavy atom. The second-order valence-electron chi connectivity index (χ2n) is 6.47. The third kappa shape index (κ3) is 2.73. The molecule has 0 bridgehead atoms. The molecule has 0 spiro atoms. The number of benzene rings is 1. The lowest BCUT2D eigenvalue weighted by atomic mass is 10.2. The van der Waals surface area contributed by atoms with Crippen LogP contribution in [0.3, 0.4) is 0 Å². The highest BCUT2D eigenvalue weighted by Crippen LogP contribution is 2.23. The van der Waals surface area contributed by atoms with Crippen LogP contribution in [0, 0.1) is 6.92 Å². The monoisotopic (exact) mass is 340 g/mol. The van der Waals surface area contributed by atoms with E-state index in [9.17, 15) is 9.59 Å². The Labute approximate surface area is 143 Å². The highest BCUT2D eigenvalue weighted by molar-refractivity contribution is 5.92. The van der Waals surface area contributed by atoms with E-state index in [4.69, 9.17) is 5.73 Å². The van der Waals surface area contributed by atoms with Gasteiger partial charge in [0.15, 0.2) is 0 Å². The number of anilines is 1. The average Bonchev–Trinajstić information content (AvgIpc) is 3.10. The number of fused-ring (bicyclic) bond motifs is 2. The van der Waals surface area contributed by atoms with Crippen LogP contribution in [0.15, 0.2) is 16.9 Å². The zero-order valence-corrected chi connectivity index (χ0v) is 14.1. The molecule has 1 amide bonds. The maximum atomic E-state index is 11.7. The van der Waals surface area contributed by atoms with Crippen LogP contribution in [-0.4, -0.2) is 43.4 Å². The number of aryl methyl sites for hydroxylation is 2. The molecule has 4 rings (SSSR count). The molecule has 8 nitrogen and oxygen atoms in total. The molecule has 3 heterocycles. The Balaban J connectivity index is 1.65.